The molecule has 1 saturated carbocycles. The second kappa shape index (κ2) is 11.3. The SMILES string of the molecule is CN=C(NCCc1ccc(OC)c(OC)c1)NCc1ccc(OC2CCCC2)nc1. The maximum absolute atomic E-state index is 5.92. The number of pyridine rings is 1. The molecule has 1 aliphatic carbocycles. The molecule has 3 rings (SSSR count). The lowest BCUT2D eigenvalue weighted by molar-refractivity contribution is 0.201. The number of aliphatic imine (C=N–C) groups is 1. The number of hydrogen-bond acceptors (Lipinski definition) is 5. The largest absolute Gasteiger partial charge is 0.493 e. The van der Waals surface area contributed by atoms with Gasteiger partial charge in [-0.2, -0.15) is 0 Å². The summed E-state index contributed by atoms with van der Waals surface area (Å²) in [6.45, 7) is 1.40. The molecule has 0 radical (unpaired) electrons. The molecule has 7 nitrogen and oxygen atoms in total. The van der Waals surface area contributed by atoms with Crippen molar-refractivity contribution in [2.45, 2.75) is 44.8 Å². The van der Waals surface area contributed by atoms with E-state index in [0.29, 0.717) is 18.5 Å². The Balaban J connectivity index is 1.42. The van der Waals surface area contributed by atoms with Crippen LogP contribution in [-0.2, 0) is 13.0 Å². The Morgan fingerprint density at radius 1 is 1.03 bits per heavy atom. The predicted octanol–water partition coefficient (Wildman–Crippen LogP) is 3.33. The molecule has 1 fully saturated rings. The number of nitrogens with one attached hydrogen (secondary N) is 2. The Kier molecular flexibility index (Phi) is 8.18. The van der Waals surface area contributed by atoms with E-state index in [1.807, 2.05) is 36.5 Å². The lowest BCUT2D eigenvalue weighted by Crippen LogP contribution is -2.37. The molecule has 7 heteroatoms. The topological polar surface area (TPSA) is 77.0 Å². The lowest BCUT2D eigenvalue weighted by atomic mass is 10.1. The zero-order valence-corrected chi connectivity index (χ0v) is 18.1. The van der Waals surface area contributed by atoms with Crippen LogP contribution < -0.4 is 24.8 Å². The zero-order chi connectivity index (χ0) is 21.2. The van der Waals surface area contributed by atoms with E-state index in [9.17, 15) is 0 Å². The van der Waals surface area contributed by atoms with Crippen LogP contribution in [0.1, 0.15) is 36.8 Å². The van der Waals surface area contributed by atoms with Crippen molar-refractivity contribution in [2.24, 2.45) is 4.99 Å². The van der Waals surface area contributed by atoms with Gasteiger partial charge in [0.2, 0.25) is 5.88 Å². The van der Waals surface area contributed by atoms with Gasteiger partial charge in [0.25, 0.3) is 0 Å². The fourth-order valence-electron chi connectivity index (χ4n) is 3.53. The normalized spacial score (nSPS) is 14.4. The number of aromatic nitrogens is 1. The van der Waals surface area contributed by atoms with Crippen molar-refractivity contribution in [3.05, 3.63) is 47.7 Å². The average molecular weight is 413 g/mol. The fourth-order valence-corrected chi connectivity index (χ4v) is 3.53. The Hall–Kier alpha value is -2.96. The van der Waals surface area contributed by atoms with Gasteiger partial charge in [-0.15, -0.1) is 0 Å². The summed E-state index contributed by atoms with van der Waals surface area (Å²) < 4.78 is 16.6. The standard InChI is InChI=1S/C23H32N4O3/c1-24-23(25-13-12-17-8-10-20(28-2)21(14-17)29-3)27-16-18-9-11-22(26-15-18)30-19-6-4-5-7-19/h8-11,14-15,19H,4-7,12-13,16H2,1-3H3,(H2,24,25,27). The number of hydrogen-bond donors (Lipinski definition) is 2. The van der Waals surface area contributed by atoms with Gasteiger partial charge in [0.05, 0.1) is 14.2 Å². The average Bonchev–Trinajstić information content (AvgIpc) is 3.30. The Labute approximate surface area is 178 Å². The molecule has 0 unspecified atom stereocenters. The Morgan fingerprint density at radius 2 is 1.80 bits per heavy atom. The van der Waals surface area contributed by atoms with Gasteiger partial charge < -0.3 is 24.8 Å². The van der Waals surface area contributed by atoms with E-state index in [4.69, 9.17) is 14.2 Å². The second-order valence-electron chi connectivity index (χ2n) is 7.32. The minimum absolute atomic E-state index is 0.329. The van der Waals surface area contributed by atoms with Crippen LogP contribution in [0.2, 0.25) is 0 Å². The molecule has 0 spiro atoms. The van der Waals surface area contributed by atoms with Gasteiger partial charge in [-0.3, -0.25) is 4.99 Å². The summed E-state index contributed by atoms with van der Waals surface area (Å²) in [5.41, 5.74) is 2.24. The summed E-state index contributed by atoms with van der Waals surface area (Å²) in [4.78, 5) is 8.72. The summed E-state index contributed by atoms with van der Waals surface area (Å²) >= 11 is 0. The van der Waals surface area contributed by atoms with Crippen LogP contribution in [0.15, 0.2) is 41.5 Å². The van der Waals surface area contributed by atoms with Crippen LogP contribution in [0, 0.1) is 0 Å². The highest BCUT2D eigenvalue weighted by Gasteiger charge is 2.16. The van der Waals surface area contributed by atoms with Gasteiger partial charge >= 0.3 is 0 Å². The summed E-state index contributed by atoms with van der Waals surface area (Å²) in [5.74, 6) is 2.94. The molecule has 1 aromatic carbocycles. The molecule has 0 saturated heterocycles. The quantitative estimate of drug-likeness (QED) is 0.486. The van der Waals surface area contributed by atoms with Crippen molar-refractivity contribution < 1.29 is 14.2 Å². The van der Waals surface area contributed by atoms with Crippen LogP contribution in [0.3, 0.4) is 0 Å². The highest BCUT2D eigenvalue weighted by molar-refractivity contribution is 5.79. The van der Waals surface area contributed by atoms with Crippen molar-refractivity contribution in [3.63, 3.8) is 0 Å². The Bertz CT molecular complexity index is 818. The molecule has 1 aliphatic rings. The van der Waals surface area contributed by atoms with Crippen molar-refractivity contribution in [2.75, 3.05) is 27.8 Å². The van der Waals surface area contributed by atoms with Gasteiger partial charge in [0.15, 0.2) is 17.5 Å². The van der Waals surface area contributed by atoms with Gasteiger partial charge in [-0.25, -0.2) is 4.98 Å². The molecule has 0 aliphatic heterocycles. The van der Waals surface area contributed by atoms with E-state index in [1.54, 1.807) is 21.3 Å². The van der Waals surface area contributed by atoms with Crippen LogP contribution in [0.25, 0.3) is 0 Å². The maximum atomic E-state index is 5.92. The third kappa shape index (κ3) is 6.27. The molecular weight excluding hydrogens is 380 g/mol. The lowest BCUT2D eigenvalue weighted by Gasteiger charge is -2.14. The van der Waals surface area contributed by atoms with Crippen molar-refractivity contribution in [3.8, 4) is 17.4 Å². The van der Waals surface area contributed by atoms with E-state index in [-0.39, 0.29) is 0 Å². The molecular formula is C23H32N4O3. The van der Waals surface area contributed by atoms with Crippen LogP contribution in [0.4, 0.5) is 0 Å². The number of benzene rings is 1. The summed E-state index contributed by atoms with van der Waals surface area (Å²) in [5, 5.41) is 6.65. The minimum atomic E-state index is 0.329. The maximum Gasteiger partial charge on any atom is 0.213 e. The fraction of sp³-hybridized carbons (Fsp3) is 0.478. The highest BCUT2D eigenvalue weighted by atomic mass is 16.5. The molecule has 162 valence electrons. The van der Waals surface area contributed by atoms with E-state index in [1.165, 1.54) is 12.8 Å². The van der Waals surface area contributed by atoms with E-state index < -0.39 is 0 Å². The Morgan fingerprint density at radius 3 is 2.47 bits per heavy atom. The molecule has 1 heterocycles. The first kappa shape index (κ1) is 21.7. The van der Waals surface area contributed by atoms with Crippen molar-refractivity contribution >= 4 is 5.96 Å². The zero-order valence-electron chi connectivity index (χ0n) is 18.1. The molecule has 1 aromatic heterocycles. The first-order chi connectivity index (χ1) is 14.7. The second-order valence-corrected chi connectivity index (χ2v) is 7.32. The highest BCUT2D eigenvalue weighted by Crippen LogP contribution is 2.27. The van der Waals surface area contributed by atoms with E-state index in [2.05, 4.69) is 20.6 Å². The number of methoxy groups -OCH3 is 2. The molecule has 2 aromatic rings. The number of rotatable bonds is 9. The molecule has 0 atom stereocenters. The summed E-state index contributed by atoms with van der Waals surface area (Å²) in [7, 11) is 5.05. The monoisotopic (exact) mass is 412 g/mol. The summed E-state index contributed by atoms with van der Waals surface area (Å²) in [6, 6.07) is 9.95. The third-order valence-corrected chi connectivity index (χ3v) is 5.22. The third-order valence-electron chi connectivity index (χ3n) is 5.22. The van der Waals surface area contributed by atoms with E-state index in [0.717, 1.165) is 54.4 Å². The first-order valence-electron chi connectivity index (χ1n) is 10.5. The van der Waals surface area contributed by atoms with Gasteiger partial charge in [0, 0.05) is 32.4 Å². The van der Waals surface area contributed by atoms with Gasteiger partial charge in [-0.05, 0) is 55.4 Å². The number of ether oxygens (including phenoxy) is 3. The van der Waals surface area contributed by atoms with Crippen LogP contribution in [-0.4, -0.2) is 44.9 Å². The molecule has 0 amide bonds. The van der Waals surface area contributed by atoms with Gasteiger partial charge in [-0.1, -0.05) is 12.1 Å². The number of nitrogens with zero attached hydrogens (tertiary/aromatic N) is 2. The van der Waals surface area contributed by atoms with Crippen molar-refractivity contribution in [1.29, 1.82) is 0 Å². The van der Waals surface area contributed by atoms with Crippen LogP contribution in [0.5, 0.6) is 17.4 Å². The smallest absolute Gasteiger partial charge is 0.213 e. The molecule has 0 bridgehead atoms. The van der Waals surface area contributed by atoms with Crippen LogP contribution >= 0.6 is 0 Å². The minimum Gasteiger partial charge on any atom is -0.493 e. The predicted molar refractivity (Wildman–Crippen MR) is 119 cm³/mol. The van der Waals surface area contributed by atoms with Gasteiger partial charge in [0.1, 0.15) is 6.10 Å². The number of guanidine groups is 1. The first-order valence-corrected chi connectivity index (χ1v) is 10.5. The van der Waals surface area contributed by atoms with E-state index >= 15 is 0 Å². The summed E-state index contributed by atoms with van der Waals surface area (Å²) in [6.07, 6.45) is 7.81. The molecule has 2 N–H and O–H groups in total. The molecule has 30 heavy (non-hydrogen) atoms. The van der Waals surface area contributed by atoms with Crippen molar-refractivity contribution in [1.82, 2.24) is 15.6 Å².